The number of aliphatic imine (C=N–C) groups is 1. The summed E-state index contributed by atoms with van der Waals surface area (Å²) in [4.78, 5) is 7.34. The fourth-order valence-corrected chi connectivity index (χ4v) is 3.43. The van der Waals surface area contributed by atoms with Crippen molar-refractivity contribution in [1.29, 1.82) is 0 Å². The normalized spacial score (nSPS) is 18.2. The first kappa shape index (κ1) is 20.6. The van der Waals surface area contributed by atoms with Gasteiger partial charge in [-0.2, -0.15) is 0 Å². The number of aryl methyl sites for hydroxylation is 1. The molecule has 1 aromatic carbocycles. The molecule has 1 aromatic rings. The fraction of sp³-hybridized carbons (Fsp3) is 0.667. The number of nitrogens with one attached hydrogen (secondary N) is 2. The van der Waals surface area contributed by atoms with Crippen molar-refractivity contribution < 1.29 is 4.74 Å². The molecule has 2 N–H and O–H groups in total. The number of hydrogen-bond acceptors (Lipinski definition) is 3. The molecule has 2 rings (SSSR count). The quantitative estimate of drug-likeness (QED) is 0.524. The molecule has 146 valence electrons. The second-order valence-electron chi connectivity index (χ2n) is 7.08. The Balaban J connectivity index is 1.92. The number of ether oxygens (including phenoxy) is 1. The summed E-state index contributed by atoms with van der Waals surface area (Å²) < 4.78 is 5.77. The minimum absolute atomic E-state index is 0.623. The first-order valence-corrected chi connectivity index (χ1v) is 10.1. The topological polar surface area (TPSA) is 48.9 Å². The molecule has 0 bridgehead atoms. The summed E-state index contributed by atoms with van der Waals surface area (Å²) in [5.41, 5.74) is 2.34. The number of guanidine groups is 1. The van der Waals surface area contributed by atoms with Crippen LogP contribution in [0.3, 0.4) is 0 Å². The summed E-state index contributed by atoms with van der Waals surface area (Å²) in [5, 5.41) is 6.89. The van der Waals surface area contributed by atoms with E-state index in [4.69, 9.17) is 9.73 Å². The summed E-state index contributed by atoms with van der Waals surface area (Å²) in [7, 11) is 0. The third-order valence-corrected chi connectivity index (χ3v) is 4.74. The Morgan fingerprint density at radius 1 is 1.27 bits per heavy atom. The number of benzene rings is 1. The maximum absolute atomic E-state index is 5.77. The van der Waals surface area contributed by atoms with E-state index < -0.39 is 0 Å². The molecule has 1 aliphatic heterocycles. The van der Waals surface area contributed by atoms with Crippen LogP contribution >= 0.6 is 0 Å². The van der Waals surface area contributed by atoms with Crippen molar-refractivity contribution in [3.63, 3.8) is 0 Å². The Labute approximate surface area is 159 Å². The zero-order chi connectivity index (χ0) is 18.8. The van der Waals surface area contributed by atoms with Crippen LogP contribution < -0.4 is 15.4 Å². The van der Waals surface area contributed by atoms with Crippen LogP contribution in [0.5, 0.6) is 5.75 Å². The largest absolute Gasteiger partial charge is 0.494 e. The van der Waals surface area contributed by atoms with Crippen molar-refractivity contribution in [2.75, 3.05) is 39.3 Å². The molecule has 1 saturated heterocycles. The molecule has 1 heterocycles. The lowest BCUT2D eigenvalue weighted by atomic mass is 10.1. The standard InChI is InChI=1S/C21H36N4O/c1-5-11-25-12-10-18(16-25)14-23-21(22-6-2)24-15-19-9-8-17(4)13-20(19)26-7-3/h8-9,13,18H,5-7,10-12,14-16H2,1-4H3,(H2,22,23,24). The summed E-state index contributed by atoms with van der Waals surface area (Å²) in [5.74, 6) is 2.55. The SMILES string of the molecule is CCCN1CCC(CNC(=NCc2ccc(C)cc2OCC)NCC)C1. The molecule has 0 aromatic heterocycles. The lowest BCUT2D eigenvalue weighted by Crippen LogP contribution is -2.40. The van der Waals surface area contributed by atoms with Gasteiger partial charge in [0.05, 0.1) is 13.2 Å². The van der Waals surface area contributed by atoms with Crippen molar-refractivity contribution in [2.45, 2.75) is 47.1 Å². The Kier molecular flexibility index (Phi) is 8.75. The first-order chi connectivity index (χ1) is 12.7. The maximum atomic E-state index is 5.77. The Morgan fingerprint density at radius 3 is 2.85 bits per heavy atom. The van der Waals surface area contributed by atoms with Gasteiger partial charge in [0.2, 0.25) is 0 Å². The van der Waals surface area contributed by atoms with E-state index in [-0.39, 0.29) is 0 Å². The zero-order valence-corrected chi connectivity index (χ0v) is 17.0. The van der Waals surface area contributed by atoms with Crippen molar-refractivity contribution in [3.8, 4) is 5.75 Å². The Morgan fingerprint density at radius 2 is 2.12 bits per heavy atom. The molecule has 0 spiro atoms. The lowest BCUT2D eigenvalue weighted by molar-refractivity contribution is 0.324. The highest BCUT2D eigenvalue weighted by atomic mass is 16.5. The van der Waals surface area contributed by atoms with Crippen LogP contribution in [0.2, 0.25) is 0 Å². The van der Waals surface area contributed by atoms with Crippen molar-refractivity contribution in [3.05, 3.63) is 29.3 Å². The van der Waals surface area contributed by atoms with Gasteiger partial charge in [0.1, 0.15) is 5.75 Å². The van der Waals surface area contributed by atoms with Crippen LogP contribution in [0, 0.1) is 12.8 Å². The minimum Gasteiger partial charge on any atom is -0.494 e. The molecule has 1 unspecified atom stereocenters. The highest BCUT2D eigenvalue weighted by molar-refractivity contribution is 5.79. The van der Waals surface area contributed by atoms with Crippen LogP contribution in [0.1, 0.15) is 44.7 Å². The third-order valence-electron chi connectivity index (χ3n) is 4.74. The molecule has 0 saturated carbocycles. The number of hydrogen-bond donors (Lipinski definition) is 2. The van der Waals surface area contributed by atoms with Gasteiger partial charge in [-0.25, -0.2) is 4.99 Å². The second-order valence-corrected chi connectivity index (χ2v) is 7.08. The molecule has 0 amide bonds. The molecule has 0 radical (unpaired) electrons. The van der Waals surface area contributed by atoms with Crippen molar-refractivity contribution >= 4 is 5.96 Å². The van der Waals surface area contributed by atoms with Gasteiger partial charge in [0.15, 0.2) is 5.96 Å². The number of rotatable bonds is 9. The van der Waals surface area contributed by atoms with E-state index in [0.717, 1.165) is 30.4 Å². The van der Waals surface area contributed by atoms with Crippen LogP contribution in [-0.4, -0.2) is 50.2 Å². The zero-order valence-electron chi connectivity index (χ0n) is 17.0. The van der Waals surface area contributed by atoms with Gasteiger partial charge in [-0.15, -0.1) is 0 Å². The van der Waals surface area contributed by atoms with Gasteiger partial charge in [-0.3, -0.25) is 0 Å². The fourth-order valence-electron chi connectivity index (χ4n) is 3.43. The smallest absolute Gasteiger partial charge is 0.191 e. The van der Waals surface area contributed by atoms with Gasteiger partial charge < -0.3 is 20.3 Å². The predicted molar refractivity (Wildman–Crippen MR) is 110 cm³/mol. The van der Waals surface area contributed by atoms with E-state index in [9.17, 15) is 0 Å². The van der Waals surface area contributed by atoms with Crippen LogP contribution in [0.15, 0.2) is 23.2 Å². The van der Waals surface area contributed by atoms with E-state index in [1.165, 1.54) is 38.0 Å². The molecule has 1 aliphatic rings. The van der Waals surface area contributed by atoms with Gasteiger partial charge in [0.25, 0.3) is 0 Å². The lowest BCUT2D eigenvalue weighted by Gasteiger charge is -2.17. The third kappa shape index (κ3) is 6.52. The average Bonchev–Trinajstić information content (AvgIpc) is 3.07. The minimum atomic E-state index is 0.623. The van der Waals surface area contributed by atoms with Gasteiger partial charge in [-0.1, -0.05) is 19.1 Å². The Hall–Kier alpha value is -1.75. The van der Waals surface area contributed by atoms with E-state index in [1.54, 1.807) is 0 Å². The molecule has 5 heteroatoms. The van der Waals surface area contributed by atoms with Gasteiger partial charge in [0, 0.05) is 25.2 Å². The second kappa shape index (κ2) is 11.1. The van der Waals surface area contributed by atoms with Crippen molar-refractivity contribution in [2.24, 2.45) is 10.9 Å². The highest BCUT2D eigenvalue weighted by Gasteiger charge is 2.21. The molecule has 5 nitrogen and oxygen atoms in total. The van der Waals surface area contributed by atoms with E-state index >= 15 is 0 Å². The molecule has 26 heavy (non-hydrogen) atoms. The van der Waals surface area contributed by atoms with E-state index in [0.29, 0.717) is 19.1 Å². The first-order valence-electron chi connectivity index (χ1n) is 10.1. The maximum Gasteiger partial charge on any atom is 0.191 e. The van der Waals surface area contributed by atoms with Crippen LogP contribution in [0.4, 0.5) is 0 Å². The molecular formula is C21H36N4O. The van der Waals surface area contributed by atoms with E-state index in [2.05, 4.69) is 54.5 Å². The molecule has 0 aliphatic carbocycles. The van der Waals surface area contributed by atoms with Crippen molar-refractivity contribution in [1.82, 2.24) is 15.5 Å². The molecule has 1 atom stereocenters. The summed E-state index contributed by atoms with van der Waals surface area (Å²) in [6, 6.07) is 6.33. The number of nitrogens with zero attached hydrogens (tertiary/aromatic N) is 2. The van der Waals surface area contributed by atoms with Crippen LogP contribution in [0.25, 0.3) is 0 Å². The molecule has 1 fully saturated rings. The monoisotopic (exact) mass is 360 g/mol. The Bertz CT molecular complexity index is 573. The van der Waals surface area contributed by atoms with Crippen LogP contribution in [-0.2, 0) is 6.54 Å². The summed E-state index contributed by atoms with van der Waals surface area (Å²) in [6.07, 6.45) is 2.52. The van der Waals surface area contributed by atoms with Gasteiger partial charge in [-0.05, 0) is 64.3 Å². The molecular weight excluding hydrogens is 324 g/mol. The average molecular weight is 361 g/mol. The highest BCUT2D eigenvalue weighted by Crippen LogP contribution is 2.21. The van der Waals surface area contributed by atoms with E-state index in [1.807, 2.05) is 6.92 Å². The summed E-state index contributed by atoms with van der Waals surface area (Å²) >= 11 is 0. The van der Waals surface area contributed by atoms with Gasteiger partial charge >= 0.3 is 0 Å². The predicted octanol–water partition coefficient (Wildman–Crippen LogP) is 3.18. The number of likely N-dealkylation sites (tertiary alicyclic amines) is 1. The summed E-state index contributed by atoms with van der Waals surface area (Å²) in [6.45, 7) is 15.3.